The van der Waals surface area contributed by atoms with Crippen LogP contribution in [0.15, 0.2) is 48.9 Å². The lowest BCUT2D eigenvalue weighted by Crippen LogP contribution is -2.58. The minimum atomic E-state index is -1.23. The number of hydrogen-bond acceptors (Lipinski definition) is 16. The molecule has 4 heterocycles. The number of nitrogens with two attached hydrogens (primary N) is 1. The minimum Gasteiger partial charge on any atom is -0.460 e. The highest BCUT2D eigenvalue weighted by Crippen LogP contribution is 2.47. The number of anilines is 2. The van der Waals surface area contributed by atoms with Crippen molar-refractivity contribution in [2.24, 2.45) is 34.8 Å². The van der Waals surface area contributed by atoms with Crippen molar-refractivity contribution in [2.75, 3.05) is 43.6 Å². The number of amides is 5. The van der Waals surface area contributed by atoms with Crippen LogP contribution in [0.5, 0.6) is 0 Å². The Balaban J connectivity index is 0.963. The summed E-state index contributed by atoms with van der Waals surface area (Å²) in [6, 6.07) is 4.37. The third-order valence-corrected chi connectivity index (χ3v) is 16.1. The van der Waals surface area contributed by atoms with Gasteiger partial charge in [-0.25, -0.2) is 34.1 Å². The van der Waals surface area contributed by atoms with E-state index in [9.17, 15) is 33.2 Å². The molecule has 0 radical (unpaired) electrons. The fourth-order valence-electron chi connectivity index (χ4n) is 11.1. The molecule has 4 aliphatic rings. The minimum absolute atomic E-state index is 0.0709. The summed E-state index contributed by atoms with van der Waals surface area (Å²) >= 11 is 0. The molecule has 6 atom stereocenters. The van der Waals surface area contributed by atoms with E-state index in [0.717, 1.165) is 56.5 Å². The summed E-state index contributed by atoms with van der Waals surface area (Å²) in [6.07, 6.45) is 10.1. The van der Waals surface area contributed by atoms with Crippen LogP contribution >= 0.6 is 0 Å². The van der Waals surface area contributed by atoms with Crippen molar-refractivity contribution in [2.45, 2.75) is 188 Å². The van der Waals surface area contributed by atoms with Gasteiger partial charge in [0.15, 0.2) is 23.7 Å². The van der Waals surface area contributed by atoms with E-state index in [2.05, 4.69) is 47.0 Å². The Hall–Kier alpha value is -6.73. The zero-order chi connectivity index (χ0) is 62.5. The van der Waals surface area contributed by atoms with Gasteiger partial charge in [0.2, 0.25) is 29.5 Å². The van der Waals surface area contributed by atoms with Gasteiger partial charge in [0.25, 0.3) is 0 Å². The van der Waals surface area contributed by atoms with E-state index in [0.29, 0.717) is 67.9 Å². The lowest BCUT2D eigenvalue weighted by molar-refractivity contribution is -0.204. The Kier molecular flexibility index (Phi) is 23.1. The van der Waals surface area contributed by atoms with Crippen LogP contribution < -0.4 is 37.8 Å². The number of hydrogen-bond donors (Lipinski definition) is 7. The fraction of sp³-hybridized carbons (Fsp3) is 0.629. The van der Waals surface area contributed by atoms with Gasteiger partial charge in [-0.15, -0.1) is 0 Å². The monoisotopic (exact) mass is 1200 g/mol. The number of benzene rings is 1. The van der Waals surface area contributed by atoms with E-state index in [-0.39, 0.29) is 55.4 Å². The normalized spacial score (nSPS) is 20.0. The van der Waals surface area contributed by atoms with E-state index >= 15 is 4.39 Å². The predicted octanol–water partition coefficient (Wildman–Crippen LogP) is 7.38. The van der Waals surface area contributed by atoms with Crippen LogP contribution in [0.3, 0.4) is 0 Å². The molecule has 22 nitrogen and oxygen atoms in total. The van der Waals surface area contributed by atoms with Gasteiger partial charge in [-0.2, -0.15) is 0 Å². The maximum Gasteiger partial charge on any atom is 0.306 e. The summed E-state index contributed by atoms with van der Waals surface area (Å²) in [6.45, 7) is 19.6. The quantitative estimate of drug-likeness (QED) is 0.0159. The summed E-state index contributed by atoms with van der Waals surface area (Å²) in [5, 5.41) is 14.7. The molecule has 86 heavy (non-hydrogen) atoms. The summed E-state index contributed by atoms with van der Waals surface area (Å²) in [4.78, 5) is 101. The van der Waals surface area contributed by atoms with Crippen molar-refractivity contribution in [3.8, 4) is 11.4 Å². The lowest BCUT2D eigenvalue weighted by Gasteiger charge is -2.48. The number of aromatic nitrogens is 4. The molecule has 472 valence electrons. The van der Waals surface area contributed by atoms with Crippen molar-refractivity contribution in [3.05, 3.63) is 66.1 Å². The lowest BCUT2D eigenvalue weighted by atomic mass is 9.61. The van der Waals surface area contributed by atoms with E-state index in [4.69, 9.17) is 29.5 Å². The molecule has 1 saturated heterocycles. The summed E-state index contributed by atoms with van der Waals surface area (Å²) in [7, 11) is 0. The Morgan fingerprint density at radius 2 is 1.55 bits per heavy atom. The molecule has 0 spiro atoms. The molecular formula is C62H89F2N11O11. The Bertz CT molecular complexity index is 2970. The molecule has 3 aliphatic carbocycles. The molecule has 2 bridgehead atoms. The number of hydroxylamine groups is 1. The standard InChI is InChI=1S/C62H89F2N11O11/c1-36(2)50(72-56(78)46(22-23-47(76)85-60(4,5)6)70-59(81)61(7,8)25-28-82-29-30-84-62(9,10)24-26-65)58(80)68-37(3)55(77)69-42-20-14-38(15-21-42)34-75-35-44(43-31-41(63)32-67-54(43)75)52-66-33-45(64)53(73-52)71-51-40-18-16-39(17-19-40)49(51)57(79)74-86-48-13-11-12-27-83-48/h14-15,20-21,31-33,35-37,39-40,46,48-51H,11-13,16-19,22-30,34,65H2,1-10H3,(H,68,80)(H,69,77)(H,70,81)(H,72,78)(H,74,79)(H,66,71,73)/t37-,39?,40?,46-,48?,49?,50-,51-/m0/s1. The SMILES string of the molecule is CC(C)[C@H](NC(=O)[C@H](CCC(=O)OC(C)(C)C)NC(=O)C(C)(C)CCOCCOC(C)(C)CCN)C(=O)N[C@@H](C)C(=O)Nc1ccc(Cn2cc(-c3ncc(F)c(N[C@H]4C5CCC(CC5)C4C(=O)NOC4CCCCO4)n3)c3cc(F)cnc32)cc1. The predicted molar refractivity (Wildman–Crippen MR) is 318 cm³/mol. The third-order valence-electron chi connectivity index (χ3n) is 16.1. The molecule has 8 rings (SSSR count). The largest absolute Gasteiger partial charge is 0.460 e. The van der Waals surface area contributed by atoms with Gasteiger partial charge in [0, 0.05) is 66.9 Å². The second-order valence-corrected chi connectivity index (χ2v) is 25.5. The number of nitrogens with zero attached hydrogens (tertiary/aromatic N) is 4. The number of ether oxygens (including phenoxy) is 4. The summed E-state index contributed by atoms with van der Waals surface area (Å²) in [5.74, 6) is -5.29. The topological polar surface area (TPSA) is 290 Å². The molecular weight excluding hydrogens is 1110 g/mol. The molecule has 3 saturated carbocycles. The van der Waals surface area contributed by atoms with E-state index in [1.807, 2.05) is 13.8 Å². The average Bonchev–Trinajstić information content (AvgIpc) is 1.67. The van der Waals surface area contributed by atoms with E-state index in [1.165, 1.54) is 13.0 Å². The van der Waals surface area contributed by atoms with Crippen molar-refractivity contribution < 1.29 is 61.3 Å². The number of pyridine rings is 1. The number of halogens is 2. The average molecular weight is 1200 g/mol. The number of carbonyl (C=O) groups excluding carboxylic acids is 6. The van der Waals surface area contributed by atoms with Gasteiger partial charge >= 0.3 is 5.97 Å². The molecule has 24 heteroatoms. The highest BCUT2D eigenvalue weighted by Gasteiger charge is 2.48. The smallest absolute Gasteiger partial charge is 0.306 e. The summed E-state index contributed by atoms with van der Waals surface area (Å²) < 4.78 is 55.2. The van der Waals surface area contributed by atoms with Crippen LogP contribution in [0.1, 0.15) is 145 Å². The second-order valence-electron chi connectivity index (χ2n) is 25.5. The van der Waals surface area contributed by atoms with Crippen LogP contribution in [0.4, 0.5) is 20.3 Å². The molecule has 3 aromatic heterocycles. The second kappa shape index (κ2) is 29.8. The third kappa shape index (κ3) is 18.6. The van der Waals surface area contributed by atoms with Crippen molar-refractivity contribution in [1.82, 2.24) is 40.9 Å². The Morgan fingerprint density at radius 1 is 0.826 bits per heavy atom. The van der Waals surface area contributed by atoms with Crippen LogP contribution in [0.25, 0.3) is 22.4 Å². The number of carbonyl (C=O) groups is 6. The molecule has 8 N–H and O–H groups in total. The van der Waals surface area contributed by atoms with Crippen molar-refractivity contribution in [3.63, 3.8) is 0 Å². The zero-order valence-corrected chi connectivity index (χ0v) is 51.4. The number of rotatable bonds is 29. The van der Waals surface area contributed by atoms with Crippen molar-refractivity contribution >= 4 is 58.0 Å². The van der Waals surface area contributed by atoms with E-state index < -0.39 is 100 Å². The van der Waals surface area contributed by atoms with Gasteiger partial charge in [0.05, 0.1) is 37.1 Å². The van der Waals surface area contributed by atoms with Crippen LogP contribution in [0.2, 0.25) is 0 Å². The first-order valence-corrected chi connectivity index (χ1v) is 30.2. The van der Waals surface area contributed by atoms with E-state index in [1.54, 1.807) is 83.5 Å². The van der Waals surface area contributed by atoms with Gasteiger partial charge in [-0.3, -0.25) is 28.8 Å². The zero-order valence-electron chi connectivity index (χ0n) is 51.4. The van der Waals surface area contributed by atoms with Crippen LogP contribution in [0, 0.1) is 40.7 Å². The molecule has 1 aromatic carbocycles. The van der Waals surface area contributed by atoms with Gasteiger partial charge in [0.1, 0.15) is 35.2 Å². The molecule has 2 unspecified atom stereocenters. The van der Waals surface area contributed by atoms with Gasteiger partial charge in [-0.05, 0) is 147 Å². The van der Waals surface area contributed by atoms with Gasteiger partial charge in [-0.1, -0.05) is 39.8 Å². The van der Waals surface area contributed by atoms with Crippen LogP contribution in [-0.4, -0.2) is 130 Å². The molecule has 5 amide bonds. The molecule has 1 aliphatic heterocycles. The maximum atomic E-state index is 15.7. The fourth-order valence-corrected chi connectivity index (χ4v) is 11.1. The number of esters is 1. The first-order valence-electron chi connectivity index (χ1n) is 30.2. The summed E-state index contributed by atoms with van der Waals surface area (Å²) in [5.41, 5.74) is 8.13. The highest BCUT2D eigenvalue weighted by atomic mass is 19.1. The first-order chi connectivity index (χ1) is 40.7. The van der Waals surface area contributed by atoms with Gasteiger partial charge < -0.3 is 55.8 Å². The number of nitrogens with one attached hydrogen (secondary N) is 6. The number of fused-ring (bicyclic) bond motifs is 4. The Morgan fingerprint density at radius 3 is 2.22 bits per heavy atom. The van der Waals surface area contributed by atoms with Crippen LogP contribution in [-0.2, 0) is 59.1 Å². The first kappa shape index (κ1) is 66.8. The molecule has 4 aromatic rings. The Labute approximate surface area is 502 Å². The highest BCUT2D eigenvalue weighted by molar-refractivity contribution is 5.99. The molecule has 4 fully saturated rings. The maximum absolute atomic E-state index is 15.7. The van der Waals surface area contributed by atoms with Crippen molar-refractivity contribution in [1.29, 1.82) is 0 Å².